The zero-order chi connectivity index (χ0) is 98.6. The molecule has 3 aliphatic heterocycles. The molecule has 1 aromatic heterocycles. The highest BCUT2D eigenvalue weighted by atomic mass is 32.2. The quantitative estimate of drug-likeness (QED) is 0.0217. The third-order valence-electron chi connectivity index (χ3n) is 25.8. The lowest BCUT2D eigenvalue weighted by Gasteiger charge is -2.42. The predicted molar refractivity (Wildman–Crippen MR) is 513 cm³/mol. The van der Waals surface area contributed by atoms with Crippen molar-refractivity contribution < 1.29 is 90.2 Å². The fourth-order valence-corrected chi connectivity index (χ4v) is 18.5. The van der Waals surface area contributed by atoms with Crippen LogP contribution in [0.2, 0.25) is 0 Å². The van der Waals surface area contributed by atoms with Crippen molar-refractivity contribution in [3.8, 4) is 5.75 Å². The first-order valence-corrected chi connectivity index (χ1v) is 47.6. The lowest BCUT2D eigenvalue weighted by molar-refractivity contribution is -0.152. The van der Waals surface area contributed by atoms with Crippen molar-refractivity contribution in [1.29, 1.82) is 0 Å². The molecule has 36 heteroatoms. The first-order valence-electron chi connectivity index (χ1n) is 46.5. The number of fused-ring (bicyclic) bond motifs is 3. The highest BCUT2D eigenvalue weighted by molar-refractivity contribution is 8.00. The van der Waals surface area contributed by atoms with E-state index in [4.69, 9.17) is 22.9 Å². The highest BCUT2D eigenvalue weighted by Gasteiger charge is 2.47. The summed E-state index contributed by atoms with van der Waals surface area (Å²) >= 11 is 0.743. The molecular formula is C101H131F3N16O16S. The van der Waals surface area contributed by atoms with Crippen LogP contribution in [-0.4, -0.2) is 249 Å². The fourth-order valence-electron chi connectivity index (χ4n) is 17.6. The van der Waals surface area contributed by atoms with E-state index in [-0.39, 0.29) is 116 Å². The number of rotatable bonds is 26. The lowest BCUT2D eigenvalue weighted by Crippen LogP contribution is -2.64. The molecule has 4 heterocycles. The topological polar surface area (TPSA) is 485 Å². The minimum atomic E-state index is -1.83. The van der Waals surface area contributed by atoms with Gasteiger partial charge in [-0.15, -0.1) is 11.8 Å². The maximum absolute atomic E-state index is 15.7. The smallest absolute Gasteiger partial charge is 0.246 e. The molecule has 0 spiro atoms. The number of hydrogen-bond acceptors (Lipinski definition) is 20. The fraction of sp³-hybridized carbons (Fsp3) is 0.475. The van der Waals surface area contributed by atoms with Gasteiger partial charge in [-0.1, -0.05) is 156 Å². The summed E-state index contributed by atoms with van der Waals surface area (Å²) in [5, 5.41) is 28.0. The van der Waals surface area contributed by atoms with E-state index in [2.05, 4.69) is 36.9 Å². The van der Waals surface area contributed by atoms with Crippen molar-refractivity contribution in [3.05, 3.63) is 208 Å². The highest BCUT2D eigenvalue weighted by Crippen LogP contribution is 2.32. The summed E-state index contributed by atoms with van der Waals surface area (Å²) in [5.41, 5.74) is 27.9. The minimum absolute atomic E-state index is 0. The molecule has 13 atom stereocenters. The lowest BCUT2D eigenvalue weighted by atomic mass is 9.83. The molecule has 3 aliphatic rings. The standard InChI is InChI=1S/C100H127F3N16O16S.CH4/c1-7-8-27-82-100(135)118-41-19-28-80(118)87(123)51-66(54-106)86(122)52-71(59(2)3)96(131)116(5)83(48-60-20-11-9-12-21-60)95(130)113-78(46-62-29-31-64(53-105)32-30-62)98(133)119-42-39-81(119)94(129)109-56-68(50-67-55-108-74-25-16-15-24-70(67)74)91(126)112-76(45-63-33-35-69(120)36-34-63)93(128)111-75(26-17-18-40-104)92(127)114-79(85(121)37-38-88(107)124)57-136-58-89(125)110-77(47-65-43-72(101)90(103)73(102)44-65)97(132)117(6)84(99(134)115(82)4)49-61-22-13-10-14-23-61;/h9-16,20-25,29-36,43-44,55,59,66,68,71,75-84,108,120H,7-8,17-19,26-28,37-42,45-54,56-58,104-106H2,1-6H3,(H2,107,124)(H,109,129)(H,110,125)(H,111,128)(H,112,126)(H,113,130)(H,114,127);1H4/t66-,68+,71-,75-,76-,77-,78-,79-,80+,81+,82-,83-,84-;/m0./s1. The van der Waals surface area contributed by atoms with Gasteiger partial charge in [0.25, 0.3) is 0 Å². The van der Waals surface area contributed by atoms with E-state index in [9.17, 15) is 28.7 Å². The second-order valence-corrected chi connectivity index (χ2v) is 36.9. The average Bonchev–Trinajstić information content (AvgIpc) is 1.01. The van der Waals surface area contributed by atoms with Crippen LogP contribution < -0.4 is 54.8 Å². The Morgan fingerprint density at radius 1 is 0.511 bits per heavy atom. The summed E-state index contributed by atoms with van der Waals surface area (Å²) < 4.78 is 45.2. The van der Waals surface area contributed by atoms with Gasteiger partial charge in [-0.3, -0.25) is 71.9 Å². The number of phenols is 1. The Morgan fingerprint density at radius 3 is 1.69 bits per heavy atom. The molecule has 10 rings (SSSR count). The number of nitrogens with zero attached hydrogens (tertiary/aromatic N) is 5. The number of thioether (sulfide) groups is 1. The molecule has 0 bridgehead atoms. The summed E-state index contributed by atoms with van der Waals surface area (Å²) in [6, 6.07) is 24.2. The zero-order valence-electron chi connectivity index (χ0n) is 77.8. The molecule has 6 aromatic carbocycles. The number of H-pyrrole nitrogens is 1. The second-order valence-electron chi connectivity index (χ2n) is 35.8. The number of aromatic nitrogens is 1. The summed E-state index contributed by atoms with van der Waals surface area (Å²) in [6.07, 6.45) is 0.222. The molecule has 32 nitrogen and oxygen atoms in total. The van der Waals surface area contributed by atoms with Crippen LogP contribution in [0.3, 0.4) is 0 Å². The van der Waals surface area contributed by atoms with Crippen LogP contribution in [0.1, 0.15) is 151 Å². The first-order chi connectivity index (χ1) is 65.1. The Morgan fingerprint density at radius 2 is 1.07 bits per heavy atom. The first kappa shape index (κ1) is 108. The van der Waals surface area contributed by atoms with Gasteiger partial charge in [0.15, 0.2) is 29.0 Å². The Kier molecular flexibility index (Phi) is 41.0. The van der Waals surface area contributed by atoms with Gasteiger partial charge in [0, 0.05) is 146 Å². The number of aromatic hydroxyl groups is 1. The number of phenolic OH excluding ortho intramolecular Hbond substituents is 1. The van der Waals surface area contributed by atoms with Crippen molar-refractivity contribution in [2.24, 2.45) is 46.6 Å². The van der Waals surface area contributed by atoms with Crippen LogP contribution in [0.4, 0.5) is 13.2 Å². The van der Waals surface area contributed by atoms with Crippen molar-refractivity contribution in [2.75, 3.05) is 65.4 Å². The van der Waals surface area contributed by atoms with Gasteiger partial charge in [-0.25, -0.2) is 13.2 Å². The molecule has 0 saturated carbocycles. The third-order valence-corrected chi connectivity index (χ3v) is 26.9. The van der Waals surface area contributed by atoms with Crippen LogP contribution >= 0.6 is 11.8 Å². The molecule has 0 radical (unpaired) electrons. The number of Topliss-reactive ketones (excluding diaryl/α,β-unsaturated/α-hetero) is 3. The van der Waals surface area contributed by atoms with Gasteiger partial charge in [0.05, 0.1) is 23.8 Å². The summed E-state index contributed by atoms with van der Waals surface area (Å²) in [7, 11) is 4.04. The monoisotopic (exact) mass is 1910 g/mol. The van der Waals surface area contributed by atoms with Crippen LogP contribution in [0.25, 0.3) is 10.9 Å². The minimum Gasteiger partial charge on any atom is -0.508 e. The summed E-state index contributed by atoms with van der Waals surface area (Å²) in [4.78, 5) is 235. The van der Waals surface area contributed by atoms with Gasteiger partial charge in [-0.2, -0.15) is 0 Å². The Bertz CT molecular complexity index is 5350. The van der Waals surface area contributed by atoms with E-state index >= 15 is 61.5 Å². The number of amides is 12. The number of ketones is 3. The Labute approximate surface area is 801 Å². The Hall–Kier alpha value is -12.7. The maximum atomic E-state index is 15.7. The van der Waals surface area contributed by atoms with Crippen molar-refractivity contribution >= 4 is 111 Å². The number of unbranched alkanes of at least 4 members (excludes halogenated alkanes) is 2. The van der Waals surface area contributed by atoms with Crippen molar-refractivity contribution in [2.45, 2.75) is 217 Å². The average molecular weight is 1910 g/mol. The normalized spacial score (nSPS) is 23.3. The molecule has 3 fully saturated rings. The SMILES string of the molecule is C.CCCC[C@H]1C(=O)N2CCC[C@@H]2C(=O)C[C@@H](CN)C(=O)C[C@@H](C(C)C)C(=O)N(C)[C@@H](Cc2ccccc2)C(=O)N[C@@H](Cc2ccc(CN)cc2)C(=O)N2CC[C@@H]2C(=O)NC[C@@H](Cc2c[nH]c3ccccc23)C(=O)N[C@@H](Cc2ccc(O)cc2)C(=O)N[C@@H](CCCCN)C(=O)N[C@H](C(=O)CCC(N)=O)CSCC(=O)N[C@@H](Cc2cc(F)c(F)c(F)c2)C(=O)N(C)[C@@H](Cc2ccccc2)C(=O)N1C. The molecule has 12 amide bonds. The van der Waals surface area contributed by atoms with Gasteiger partial charge < -0.3 is 89.4 Å². The summed E-state index contributed by atoms with van der Waals surface area (Å²) in [5.74, 6) is -21.9. The number of nitrogens with one attached hydrogen (secondary N) is 7. The number of hydrogen-bond donors (Lipinski definition) is 12. The van der Waals surface area contributed by atoms with E-state index < -0.39 is 240 Å². The maximum Gasteiger partial charge on any atom is 0.246 e. The van der Waals surface area contributed by atoms with E-state index in [0.29, 0.717) is 71.1 Å². The number of para-hydroxylation sites is 1. The third kappa shape index (κ3) is 29.7. The van der Waals surface area contributed by atoms with Crippen LogP contribution in [0, 0.1) is 41.1 Å². The second kappa shape index (κ2) is 52.0. The Balaban J connectivity index is 0.0000210. The molecule has 137 heavy (non-hydrogen) atoms. The summed E-state index contributed by atoms with van der Waals surface area (Å²) in [6.45, 7) is 4.98. The van der Waals surface area contributed by atoms with Crippen LogP contribution in [0.5, 0.6) is 5.75 Å². The van der Waals surface area contributed by atoms with Gasteiger partial charge in [0.1, 0.15) is 59.9 Å². The number of carbonyl (C=O) groups is 15. The van der Waals surface area contributed by atoms with Gasteiger partial charge in [-0.05, 0) is 133 Å². The molecule has 3 saturated heterocycles. The van der Waals surface area contributed by atoms with Gasteiger partial charge >= 0.3 is 0 Å². The van der Waals surface area contributed by atoms with E-state index in [1.807, 2.05) is 25.1 Å². The van der Waals surface area contributed by atoms with E-state index in [1.54, 1.807) is 111 Å². The number of halogens is 3. The van der Waals surface area contributed by atoms with E-state index in [1.165, 1.54) is 65.0 Å². The predicted octanol–water partition coefficient (Wildman–Crippen LogP) is 6.04. The number of likely N-dealkylation sites (N-methyl/N-ethyl adjacent to an activating group) is 3. The molecular weight excluding hydrogens is 1780 g/mol. The largest absolute Gasteiger partial charge is 0.508 e. The number of benzene rings is 6. The number of aromatic amines is 1. The molecule has 0 aliphatic carbocycles. The van der Waals surface area contributed by atoms with Crippen LogP contribution in [-0.2, 0) is 117 Å². The number of primary amides is 1. The van der Waals surface area contributed by atoms with Gasteiger partial charge in [0.2, 0.25) is 70.9 Å². The molecule has 7 aromatic rings. The van der Waals surface area contributed by atoms with E-state index in [0.717, 1.165) is 27.6 Å². The van der Waals surface area contributed by atoms with Crippen molar-refractivity contribution in [3.63, 3.8) is 0 Å². The number of carbonyl (C=O) groups excluding carboxylic acids is 15. The zero-order valence-corrected chi connectivity index (χ0v) is 78.6. The molecule has 738 valence electrons. The van der Waals surface area contributed by atoms with Crippen LogP contribution in [0.15, 0.2) is 152 Å². The molecule has 16 N–H and O–H groups in total. The number of nitrogens with two attached hydrogens (primary N) is 4. The molecule has 0 unspecified atom stereocenters. The van der Waals surface area contributed by atoms with Crippen molar-refractivity contribution in [1.82, 2.24) is 61.4 Å².